The fourth-order valence-corrected chi connectivity index (χ4v) is 3.57. The third-order valence-electron chi connectivity index (χ3n) is 4.51. The Bertz CT molecular complexity index is 417. The highest BCUT2D eigenvalue weighted by molar-refractivity contribution is 5.07. The molecule has 18 heavy (non-hydrogen) atoms. The van der Waals surface area contributed by atoms with Crippen LogP contribution < -0.4 is 0 Å². The molecule has 0 radical (unpaired) electrons. The summed E-state index contributed by atoms with van der Waals surface area (Å²) in [5.74, 6) is 1.74. The number of aryl methyl sites for hydroxylation is 2. The molecule has 100 valence electrons. The number of aliphatic hydroxyl groups is 1. The van der Waals surface area contributed by atoms with Crippen LogP contribution in [0.2, 0.25) is 0 Å². The maximum atomic E-state index is 10.2. The van der Waals surface area contributed by atoms with Crippen LogP contribution in [0.5, 0.6) is 0 Å². The number of hydrogen-bond acceptors (Lipinski definition) is 4. The molecular weight excluding hydrogens is 228 g/mol. The number of nitrogens with zero attached hydrogens (tertiary/aromatic N) is 2. The Hall–Kier alpha value is -0.870. The Morgan fingerprint density at radius 1 is 1.33 bits per heavy atom. The third-order valence-corrected chi connectivity index (χ3v) is 4.51. The monoisotopic (exact) mass is 250 g/mol. The topological polar surface area (TPSA) is 49.5 Å². The number of oxazole rings is 1. The highest BCUT2D eigenvalue weighted by Crippen LogP contribution is 2.41. The van der Waals surface area contributed by atoms with Crippen molar-refractivity contribution in [1.29, 1.82) is 0 Å². The van der Waals surface area contributed by atoms with Crippen LogP contribution in [0.3, 0.4) is 0 Å². The largest absolute Gasteiger partial charge is 0.444 e. The number of piperidine rings is 1. The summed E-state index contributed by atoms with van der Waals surface area (Å²) in [6.07, 6.45) is 4.14. The molecular formula is C14H22N2O2. The van der Waals surface area contributed by atoms with E-state index in [2.05, 4.69) is 9.88 Å². The van der Waals surface area contributed by atoms with E-state index in [0.717, 1.165) is 36.7 Å². The summed E-state index contributed by atoms with van der Waals surface area (Å²) in [4.78, 5) is 6.94. The van der Waals surface area contributed by atoms with Crippen molar-refractivity contribution in [1.82, 2.24) is 9.88 Å². The van der Waals surface area contributed by atoms with Gasteiger partial charge in [-0.3, -0.25) is 4.90 Å². The number of hydrogen-bond donors (Lipinski definition) is 1. The third kappa shape index (κ3) is 2.08. The first-order valence-electron chi connectivity index (χ1n) is 6.86. The molecule has 2 bridgehead atoms. The van der Waals surface area contributed by atoms with E-state index >= 15 is 0 Å². The van der Waals surface area contributed by atoms with Gasteiger partial charge in [0, 0.05) is 12.1 Å². The molecule has 2 fully saturated rings. The summed E-state index contributed by atoms with van der Waals surface area (Å²) in [6.45, 7) is 6.70. The minimum atomic E-state index is -0.481. The second kappa shape index (κ2) is 4.07. The normalized spacial score (nSPS) is 36.2. The number of aromatic nitrogens is 1. The summed E-state index contributed by atoms with van der Waals surface area (Å²) in [5.41, 5.74) is 0.506. The maximum absolute atomic E-state index is 10.2. The van der Waals surface area contributed by atoms with E-state index < -0.39 is 5.60 Å². The van der Waals surface area contributed by atoms with E-state index in [4.69, 9.17) is 4.42 Å². The van der Waals surface area contributed by atoms with Gasteiger partial charge in [0.2, 0.25) is 5.89 Å². The fraction of sp³-hybridized carbons (Fsp3) is 0.786. The standard InChI is InChI=1S/C14H22N2O2/c1-9-10(2)18-13(15-9)8-16-11-4-5-12(16)7-14(3,17)6-11/h11-12,17H,4-8H2,1-3H3/t11-,12-/m0/s1. The lowest BCUT2D eigenvalue weighted by atomic mass is 9.88. The fourth-order valence-electron chi connectivity index (χ4n) is 3.57. The molecule has 3 heterocycles. The van der Waals surface area contributed by atoms with Crippen LogP contribution in [0.1, 0.15) is 50.0 Å². The summed E-state index contributed by atoms with van der Waals surface area (Å²) in [5, 5.41) is 10.2. The van der Waals surface area contributed by atoms with Gasteiger partial charge >= 0.3 is 0 Å². The van der Waals surface area contributed by atoms with E-state index in [9.17, 15) is 5.11 Å². The minimum absolute atomic E-state index is 0.481. The minimum Gasteiger partial charge on any atom is -0.444 e. The van der Waals surface area contributed by atoms with Crippen molar-refractivity contribution in [3.63, 3.8) is 0 Å². The van der Waals surface area contributed by atoms with Gasteiger partial charge in [0.15, 0.2) is 0 Å². The average molecular weight is 250 g/mol. The molecule has 2 saturated heterocycles. The van der Waals surface area contributed by atoms with Crippen LogP contribution in [0.25, 0.3) is 0 Å². The first-order chi connectivity index (χ1) is 8.44. The summed E-state index contributed by atoms with van der Waals surface area (Å²) in [6, 6.07) is 0.984. The van der Waals surface area contributed by atoms with E-state index in [1.54, 1.807) is 0 Å². The second-order valence-electron chi connectivity index (χ2n) is 6.21. The number of rotatable bonds is 2. The predicted molar refractivity (Wildman–Crippen MR) is 68.2 cm³/mol. The van der Waals surface area contributed by atoms with Gasteiger partial charge in [-0.1, -0.05) is 0 Å². The zero-order valence-corrected chi connectivity index (χ0v) is 11.4. The maximum Gasteiger partial charge on any atom is 0.208 e. The first kappa shape index (κ1) is 12.2. The molecule has 0 aromatic carbocycles. The van der Waals surface area contributed by atoms with Crippen LogP contribution in [0, 0.1) is 13.8 Å². The van der Waals surface area contributed by atoms with Crippen molar-refractivity contribution >= 4 is 0 Å². The lowest BCUT2D eigenvalue weighted by molar-refractivity contribution is -0.0434. The molecule has 0 amide bonds. The molecule has 2 atom stereocenters. The van der Waals surface area contributed by atoms with Gasteiger partial charge in [0.05, 0.1) is 17.8 Å². The van der Waals surface area contributed by atoms with Crippen molar-refractivity contribution < 1.29 is 9.52 Å². The highest BCUT2D eigenvalue weighted by Gasteiger charge is 2.45. The lowest BCUT2D eigenvalue weighted by Gasteiger charge is -2.41. The van der Waals surface area contributed by atoms with Crippen LogP contribution in [-0.2, 0) is 6.54 Å². The first-order valence-corrected chi connectivity index (χ1v) is 6.86. The van der Waals surface area contributed by atoms with Gasteiger partial charge in [-0.25, -0.2) is 4.98 Å². The van der Waals surface area contributed by atoms with Gasteiger partial charge in [0.25, 0.3) is 0 Å². The summed E-state index contributed by atoms with van der Waals surface area (Å²) < 4.78 is 5.68. The zero-order chi connectivity index (χ0) is 12.9. The van der Waals surface area contributed by atoms with Crippen LogP contribution in [-0.4, -0.2) is 32.7 Å². The lowest BCUT2D eigenvalue weighted by Crippen LogP contribution is -2.49. The van der Waals surface area contributed by atoms with Crippen molar-refractivity contribution in [2.45, 2.75) is 70.7 Å². The molecule has 2 aliphatic heterocycles. The van der Waals surface area contributed by atoms with Gasteiger partial charge in [0.1, 0.15) is 5.76 Å². The molecule has 3 rings (SSSR count). The molecule has 4 heteroatoms. The molecule has 0 unspecified atom stereocenters. The van der Waals surface area contributed by atoms with E-state index in [1.165, 1.54) is 12.8 Å². The molecule has 4 nitrogen and oxygen atoms in total. The van der Waals surface area contributed by atoms with Crippen molar-refractivity contribution in [2.24, 2.45) is 0 Å². The molecule has 2 aliphatic rings. The van der Waals surface area contributed by atoms with E-state index in [0.29, 0.717) is 12.1 Å². The average Bonchev–Trinajstić information content (AvgIpc) is 2.69. The zero-order valence-electron chi connectivity index (χ0n) is 11.4. The van der Waals surface area contributed by atoms with Crippen molar-refractivity contribution in [3.8, 4) is 0 Å². The quantitative estimate of drug-likeness (QED) is 0.874. The molecule has 1 aromatic heterocycles. The van der Waals surface area contributed by atoms with E-state index in [1.807, 2.05) is 20.8 Å². The highest BCUT2D eigenvalue weighted by atomic mass is 16.4. The Morgan fingerprint density at radius 2 is 1.94 bits per heavy atom. The molecule has 0 spiro atoms. The van der Waals surface area contributed by atoms with E-state index in [-0.39, 0.29) is 0 Å². The molecule has 0 saturated carbocycles. The predicted octanol–water partition coefficient (Wildman–Crippen LogP) is 2.17. The Kier molecular flexibility index (Phi) is 2.75. The van der Waals surface area contributed by atoms with Gasteiger partial charge in [-0.2, -0.15) is 0 Å². The van der Waals surface area contributed by atoms with Crippen LogP contribution >= 0.6 is 0 Å². The van der Waals surface area contributed by atoms with Gasteiger partial charge in [-0.05, 0) is 46.5 Å². The van der Waals surface area contributed by atoms with Crippen LogP contribution in [0.4, 0.5) is 0 Å². The smallest absolute Gasteiger partial charge is 0.208 e. The number of fused-ring (bicyclic) bond motifs is 2. The molecule has 1 aromatic rings. The second-order valence-corrected chi connectivity index (χ2v) is 6.21. The van der Waals surface area contributed by atoms with Gasteiger partial charge in [-0.15, -0.1) is 0 Å². The molecule has 0 aliphatic carbocycles. The Morgan fingerprint density at radius 3 is 2.44 bits per heavy atom. The molecule has 1 N–H and O–H groups in total. The Balaban J connectivity index is 1.75. The van der Waals surface area contributed by atoms with Gasteiger partial charge < -0.3 is 9.52 Å². The Labute approximate surface area is 108 Å². The summed E-state index contributed by atoms with van der Waals surface area (Å²) in [7, 11) is 0. The summed E-state index contributed by atoms with van der Waals surface area (Å²) >= 11 is 0. The SMILES string of the molecule is Cc1nc(CN2[C@H]3CC[C@H]2CC(C)(O)C3)oc1C. The van der Waals surface area contributed by atoms with Crippen molar-refractivity contribution in [3.05, 3.63) is 17.3 Å². The van der Waals surface area contributed by atoms with Crippen molar-refractivity contribution in [2.75, 3.05) is 0 Å². The van der Waals surface area contributed by atoms with Crippen LogP contribution in [0.15, 0.2) is 4.42 Å².